The van der Waals surface area contributed by atoms with E-state index in [1.807, 2.05) is 67.6 Å². The smallest absolute Gasteiger partial charge is 0.223 e. The predicted molar refractivity (Wildman–Crippen MR) is 85.3 cm³/mol. The highest BCUT2D eigenvalue weighted by atomic mass is 16.5. The molecule has 110 valence electrons. The van der Waals surface area contributed by atoms with E-state index in [9.17, 15) is 0 Å². The zero-order chi connectivity index (χ0) is 15.4. The van der Waals surface area contributed by atoms with Gasteiger partial charge in [0.1, 0.15) is 11.5 Å². The van der Waals surface area contributed by atoms with Crippen molar-refractivity contribution in [2.24, 2.45) is 0 Å². The van der Waals surface area contributed by atoms with Crippen LogP contribution in [0, 0.1) is 6.92 Å². The highest BCUT2D eigenvalue weighted by Gasteiger charge is 2.07. The maximum atomic E-state index is 5.83. The van der Waals surface area contributed by atoms with Crippen molar-refractivity contribution in [1.29, 1.82) is 0 Å². The molecule has 1 aromatic heterocycles. The largest absolute Gasteiger partial charge is 0.497 e. The van der Waals surface area contributed by atoms with Crippen LogP contribution < -0.4 is 9.47 Å². The van der Waals surface area contributed by atoms with E-state index in [-0.39, 0.29) is 0 Å². The van der Waals surface area contributed by atoms with Crippen molar-refractivity contribution < 1.29 is 9.47 Å². The standard InChI is InChI=1S/C18H16N2O2/c1-13-11-17(22-16-10-6-9-15(12-16)21-2)20-18(19-13)14-7-4-3-5-8-14/h3-12H,1-2H3. The lowest BCUT2D eigenvalue weighted by molar-refractivity contribution is 0.407. The van der Waals surface area contributed by atoms with Gasteiger partial charge in [-0.2, -0.15) is 4.98 Å². The van der Waals surface area contributed by atoms with Gasteiger partial charge in [0.25, 0.3) is 0 Å². The monoisotopic (exact) mass is 292 g/mol. The lowest BCUT2D eigenvalue weighted by atomic mass is 10.2. The van der Waals surface area contributed by atoms with E-state index in [4.69, 9.17) is 9.47 Å². The summed E-state index contributed by atoms with van der Waals surface area (Å²) in [6, 6.07) is 19.1. The quantitative estimate of drug-likeness (QED) is 0.721. The first kappa shape index (κ1) is 14.1. The van der Waals surface area contributed by atoms with Gasteiger partial charge in [-0.25, -0.2) is 4.98 Å². The molecule has 0 bridgehead atoms. The van der Waals surface area contributed by atoms with Gasteiger partial charge in [-0.1, -0.05) is 36.4 Å². The Bertz CT molecular complexity index is 773. The third kappa shape index (κ3) is 3.23. The SMILES string of the molecule is COc1cccc(Oc2cc(C)nc(-c3ccccc3)n2)c1. The van der Waals surface area contributed by atoms with Crippen molar-refractivity contribution in [3.8, 4) is 28.8 Å². The Kier molecular flexibility index (Phi) is 4.01. The summed E-state index contributed by atoms with van der Waals surface area (Å²) in [4.78, 5) is 8.94. The van der Waals surface area contributed by atoms with Crippen molar-refractivity contribution in [3.05, 3.63) is 66.4 Å². The average molecular weight is 292 g/mol. The molecule has 0 saturated heterocycles. The Labute approximate surface area is 129 Å². The van der Waals surface area contributed by atoms with Crippen LogP contribution in [0.15, 0.2) is 60.7 Å². The summed E-state index contributed by atoms with van der Waals surface area (Å²) in [6.07, 6.45) is 0. The van der Waals surface area contributed by atoms with Gasteiger partial charge < -0.3 is 9.47 Å². The second-order valence-corrected chi connectivity index (χ2v) is 4.82. The summed E-state index contributed by atoms with van der Waals surface area (Å²) < 4.78 is 11.0. The number of methoxy groups -OCH3 is 1. The Morgan fingerprint density at radius 1 is 0.818 bits per heavy atom. The van der Waals surface area contributed by atoms with E-state index in [1.54, 1.807) is 7.11 Å². The molecule has 1 heterocycles. The molecule has 0 atom stereocenters. The highest BCUT2D eigenvalue weighted by molar-refractivity contribution is 5.55. The Morgan fingerprint density at radius 2 is 1.59 bits per heavy atom. The number of nitrogens with zero attached hydrogens (tertiary/aromatic N) is 2. The van der Waals surface area contributed by atoms with Crippen molar-refractivity contribution in [1.82, 2.24) is 9.97 Å². The second-order valence-electron chi connectivity index (χ2n) is 4.82. The predicted octanol–water partition coefficient (Wildman–Crippen LogP) is 4.25. The number of hydrogen-bond acceptors (Lipinski definition) is 4. The maximum absolute atomic E-state index is 5.83. The average Bonchev–Trinajstić information content (AvgIpc) is 2.55. The molecule has 0 spiro atoms. The number of aromatic nitrogens is 2. The first-order valence-corrected chi connectivity index (χ1v) is 6.97. The zero-order valence-corrected chi connectivity index (χ0v) is 12.5. The van der Waals surface area contributed by atoms with Gasteiger partial charge in [0, 0.05) is 23.4 Å². The summed E-state index contributed by atoms with van der Waals surface area (Å²) in [5, 5.41) is 0. The Hall–Kier alpha value is -2.88. The van der Waals surface area contributed by atoms with Crippen molar-refractivity contribution in [2.45, 2.75) is 6.92 Å². The van der Waals surface area contributed by atoms with Gasteiger partial charge in [0.2, 0.25) is 5.88 Å². The first-order valence-electron chi connectivity index (χ1n) is 6.97. The summed E-state index contributed by atoms with van der Waals surface area (Å²) >= 11 is 0. The van der Waals surface area contributed by atoms with Crippen LogP contribution in [0.5, 0.6) is 17.4 Å². The minimum Gasteiger partial charge on any atom is -0.497 e. The number of ether oxygens (including phenoxy) is 2. The van der Waals surface area contributed by atoms with Crippen molar-refractivity contribution >= 4 is 0 Å². The van der Waals surface area contributed by atoms with E-state index in [0.717, 1.165) is 17.0 Å². The molecular formula is C18H16N2O2. The molecule has 3 aromatic rings. The first-order chi connectivity index (χ1) is 10.7. The third-order valence-electron chi connectivity index (χ3n) is 3.13. The summed E-state index contributed by atoms with van der Waals surface area (Å²) in [5.41, 5.74) is 1.81. The fraction of sp³-hybridized carbons (Fsp3) is 0.111. The van der Waals surface area contributed by atoms with Gasteiger partial charge in [-0.3, -0.25) is 0 Å². The lowest BCUT2D eigenvalue weighted by Crippen LogP contribution is -1.96. The van der Waals surface area contributed by atoms with Gasteiger partial charge >= 0.3 is 0 Å². The second kappa shape index (κ2) is 6.26. The summed E-state index contributed by atoms with van der Waals surface area (Å²) in [6.45, 7) is 1.92. The van der Waals surface area contributed by atoms with Crippen LogP contribution in [0.2, 0.25) is 0 Å². The number of rotatable bonds is 4. The molecular weight excluding hydrogens is 276 g/mol. The van der Waals surface area contributed by atoms with Gasteiger partial charge in [0.15, 0.2) is 5.82 Å². The maximum Gasteiger partial charge on any atom is 0.223 e. The molecule has 0 N–H and O–H groups in total. The van der Waals surface area contributed by atoms with E-state index >= 15 is 0 Å². The van der Waals surface area contributed by atoms with Gasteiger partial charge in [0.05, 0.1) is 7.11 Å². The van der Waals surface area contributed by atoms with E-state index in [2.05, 4.69) is 9.97 Å². The molecule has 0 unspecified atom stereocenters. The third-order valence-corrected chi connectivity index (χ3v) is 3.13. The van der Waals surface area contributed by atoms with Crippen LogP contribution >= 0.6 is 0 Å². The lowest BCUT2D eigenvalue weighted by Gasteiger charge is -2.09. The van der Waals surface area contributed by atoms with E-state index < -0.39 is 0 Å². The van der Waals surface area contributed by atoms with E-state index in [0.29, 0.717) is 17.5 Å². The molecule has 0 radical (unpaired) electrons. The minimum atomic E-state index is 0.514. The molecule has 0 aliphatic carbocycles. The highest BCUT2D eigenvalue weighted by Crippen LogP contribution is 2.26. The number of aryl methyl sites for hydroxylation is 1. The summed E-state index contributed by atoms with van der Waals surface area (Å²) in [7, 11) is 1.63. The van der Waals surface area contributed by atoms with Gasteiger partial charge in [-0.15, -0.1) is 0 Å². The van der Waals surface area contributed by atoms with Crippen molar-refractivity contribution in [3.63, 3.8) is 0 Å². The molecule has 3 rings (SSSR count). The molecule has 0 fully saturated rings. The zero-order valence-electron chi connectivity index (χ0n) is 12.5. The molecule has 4 heteroatoms. The molecule has 4 nitrogen and oxygen atoms in total. The van der Waals surface area contributed by atoms with Crippen LogP contribution in [-0.2, 0) is 0 Å². The molecule has 22 heavy (non-hydrogen) atoms. The normalized spacial score (nSPS) is 10.3. The van der Waals surface area contributed by atoms with Crippen LogP contribution in [0.1, 0.15) is 5.69 Å². The molecule has 0 aliphatic heterocycles. The number of hydrogen-bond donors (Lipinski definition) is 0. The number of benzene rings is 2. The van der Waals surface area contributed by atoms with Crippen molar-refractivity contribution in [2.75, 3.05) is 7.11 Å². The molecule has 2 aromatic carbocycles. The Balaban J connectivity index is 1.92. The van der Waals surface area contributed by atoms with Crippen LogP contribution in [0.3, 0.4) is 0 Å². The van der Waals surface area contributed by atoms with Gasteiger partial charge in [-0.05, 0) is 19.1 Å². The summed E-state index contributed by atoms with van der Waals surface area (Å²) in [5.74, 6) is 2.58. The van der Waals surface area contributed by atoms with Crippen LogP contribution in [0.25, 0.3) is 11.4 Å². The Morgan fingerprint density at radius 3 is 2.36 bits per heavy atom. The van der Waals surface area contributed by atoms with Crippen LogP contribution in [-0.4, -0.2) is 17.1 Å². The van der Waals surface area contributed by atoms with Crippen LogP contribution in [0.4, 0.5) is 0 Å². The fourth-order valence-corrected chi connectivity index (χ4v) is 2.09. The fourth-order valence-electron chi connectivity index (χ4n) is 2.09. The minimum absolute atomic E-state index is 0.514. The topological polar surface area (TPSA) is 44.2 Å². The molecule has 0 saturated carbocycles. The molecule has 0 amide bonds. The molecule has 0 aliphatic rings. The van der Waals surface area contributed by atoms with E-state index in [1.165, 1.54) is 0 Å².